The van der Waals surface area contributed by atoms with Crippen molar-refractivity contribution in [3.63, 3.8) is 0 Å². The van der Waals surface area contributed by atoms with E-state index in [2.05, 4.69) is 32.5 Å². The lowest BCUT2D eigenvalue weighted by Crippen LogP contribution is -2.50. The molecule has 0 saturated carbocycles. The van der Waals surface area contributed by atoms with Crippen molar-refractivity contribution in [2.75, 3.05) is 45.1 Å². The van der Waals surface area contributed by atoms with E-state index >= 15 is 0 Å². The van der Waals surface area contributed by atoms with Gasteiger partial charge in [-0.1, -0.05) is 58.5 Å². The summed E-state index contributed by atoms with van der Waals surface area (Å²) in [5.74, 6) is -0.188. The minimum atomic E-state index is -1.74. The number of benzene rings is 1. The third kappa shape index (κ3) is 7.12. The number of carbonyl (C=O) groups is 1. The van der Waals surface area contributed by atoms with Gasteiger partial charge in [0.1, 0.15) is 6.17 Å². The van der Waals surface area contributed by atoms with Gasteiger partial charge in [0.25, 0.3) is 0 Å². The van der Waals surface area contributed by atoms with E-state index in [4.69, 9.17) is 46.4 Å². The molecule has 0 spiro atoms. The van der Waals surface area contributed by atoms with Gasteiger partial charge >= 0.3 is 0 Å². The minimum Gasteiger partial charge on any atom is -0.338 e. The normalized spacial score (nSPS) is 17.0. The Kier molecular flexibility index (Phi) is 8.49. The second-order valence-corrected chi connectivity index (χ2v) is 10.8. The van der Waals surface area contributed by atoms with Crippen molar-refractivity contribution >= 4 is 68.8 Å². The molecule has 1 fully saturated rings. The highest BCUT2D eigenvalue weighted by molar-refractivity contribution is 7.14. The van der Waals surface area contributed by atoms with Gasteiger partial charge in [-0.05, 0) is 19.2 Å². The molecule has 1 aromatic heterocycles. The maximum absolute atomic E-state index is 12.5. The summed E-state index contributed by atoms with van der Waals surface area (Å²) in [6, 6.07) is 7.36. The zero-order valence-electron chi connectivity index (χ0n) is 16.4. The lowest BCUT2D eigenvalue weighted by Gasteiger charge is -2.32. The molecule has 30 heavy (non-hydrogen) atoms. The number of alkyl halides is 3. The topological polar surface area (TPSA) is 60.5 Å². The first-order chi connectivity index (χ1) is 14.2. The molecule has 1 atom stereocenters. The fourth-order valence-electron chi connectivity index (χ4n) is 2.98. The molecule has 1 saturated heterocycles. The summed E-state index contributed by atoms with van der Waals surface area (Å²) >= 11 is 25.6. The Morgan fingerprint density at radius 3 is 2.50 bits per heavy atom. The van der Waals surface area contributed by atoms with Crippen molar-refractivity contribution in [2.45, 2.75) is 16.4 Å². The number of nitrogens with one attached hydrogen (secondary N) is 2. The number of nitrogens with zero attached hydrogens (tertiary/aromatic N) is 3. The van der Waals surface area contributed by atoms with E-state index in [0.29, 0.717) is 23.1 Å². The minimum absolute atomic E-state index is 0.188. The number of rotatable bonds is 7. The molecular formula is C19H23Cl4N5OS. The van der Waals surface area contributed by atoms with Crippen molar-refractivity contribution in [1.82, 2.24) is 20.1 Å². The van der Waals surface area contributed by atoms with E-state index in [-0.39, 0.29) is 5.91 Å². The molecule has 164 valence electrons. The smallest absolute Gasteiger partial charge is 0.228 e. The summed E-state index contributed by atoms with van der Waals surface area (Å²) in [6.07, 6.45) is -0.581. The summed E-state index contributed by atoms with van der Waals surface area (Å²) in [5, 5.41) is 8.88. The third-order valence-corrected chi connectivity index (χ3v) is 6.48. The Hall–Kier alpha value is -0.800. The number of amides is 1. The van der Waals surface area contributed by atoms with Gasteiger partial charge in [0.15, 0.2) is 5.13 Å². The molecule has 1 aliphatic heterocycles. The van der Waals surface area contributed by atoms with Gasteiger partial charge in [-0.15, -0.1) is 11.3 Å². The number of halogens is 4. The van der Waals surface area contributed by atoms with E-state index in [9.17, 15) is 4.79 Å². The predicted molar refractivity (Wildman–Crippen MR) is 127 cm³/mol. The van der Waals surface area contributed by atoms with Gasteiger partial charge in [-0.2, -0.15) is 0 Å². The van der Waals surface area contributed by atoms with Crippen LogP contribution in [0, 0.1) is 0 Å². The van der Waals surface area contributed by atoms with Crippen LogP contribution in [0.5, 0.6) is 0 Å². The van der Waals surface area contributed by atoms with Crippen LogP contribution in [-0.4, -0.2) is 70.4 Å². The first kappa shape index (κ1) is 23.9. The third-order valence-electron chi connectivity index (χ3n) is 4.80. The maximum Gasteiger partial charge on any atom is 0.228 e. The fraction of sp³-hybridized carbons (Fsp3) is 0.474. The molecule has 2 aromatic rings. The molecule has 3 rings (SSSR count). The Morgan fingerprint density at radius 1 is 1.20 bits per heavy atom. The molecule has 1 aromatic carbocycles. The highest BCUT2D eigenvalue weighted by Gasteiger charge is 2.34. The van der Waals surface area contributed by atoms with Crippen LogP contribution in [0.4, 0.5) is 5.13 Å². The number of thiazole rings is 1. The molecular weight excluding hydrogens is 488 g/mol. The van der Waals surface area contributed by atoms with Crippen LogP contribution in [0.1, 0.15) is 6.42 Å². The lowest BCUT2D eigenvalue weighted by molar-refractivity contribution is -0.122. The largest absolute Gasteiger partial charge is 0.338 e. The Labute approximate surface area is 200 Å². The molecule has 2 N–H and O–H groups in total. The predicted octanol–water partition coefficient (Wildman–Crippen LogP) is 4.33. The van der Waals surface area contributed by atoms with Crippen LogP contribution in [-0.2, 0) is 4.79 Å². The molecule has 11 heteroatoms. The molecule has 1 unspecified atom stereocenters. The van der Waals surface area contributed by atoms with E-state index in [1.54, 1.807) is 12.1 Å². The van der Waals surface area contributed by atoms with E-state index < -0.39 is 9.96 Å². The number of piperazine rings is 1. The van der Waals surface area contributed by atoms with Crippen LogP contribution < -0.4 is 10.6 Å². The molecule has 0 aliphatic carbocycles. The first-order valence-electron chi connectivity index (χ1n) is 9.46. The first-order valence-corrected chi connectivity index (χ1v) is 11.8. The number of hydrogen-bond donors (Lipinski definition) is 2. The monoisotopic (exact) mass is 509 g/mol. The zero-order valence-corrected chi connectivity index (χ0v) is 20.2. The van der Waals surface area contributed by atoms with E-state index in [1.807, 2.05) is 17.5 Å². The van der Waals surface area contributed by atoms with Gasteiger partial charge in [-0.25, -0.2) is 4.98 Å². The van der Waals surface area contributed by atoms with Crippen molar-refractivity contribution < 1.29 is 4.79 Å². The summed E-state index contributed by atoms with van der Waals surface area (Å²) in [7, 11) is 2.10. The van der Waals surface area contributed by atoms with Gasteiger partial charge in [0.2, 0.25) is 9.70 Å². The number of carbonyl (C=O) groups excluding carboxylic acids is 1. The highest BCUT2D eigenvalue weighted by Crippen LogP contribution is 2.33. The van der Waals surface area contributed by atoms with Gasteiger partial charge < -0.3 is 20.4 Å². The second-order valence-electron chi connectivity index (χ2n) is 7.13. The van der Waals surface area contributed by atoms with Gasteiger partial charge in [-0.3, -0.25) is 4.79 Å². The SMILES string of the molecule is CN1CCN(CCC(=O)NC(Nc2nc(-c3ccc(Cl)cc3)cs2)C(Cl)(Cl)Cl)CC1. The standard InChI is InChI=1S/C19H23Cl4N5OS/c1-27-8-10-28(11-9-27)7-6-16(29)25-17(19(21,22)23)26-18-24-15(12-30-18)13-2-4-14(20)5-3-13/h2-5,12,17H,6-11H2,1H3,(H,24,26)(H,25,29). The van der Waals surface area contributed by atoms with Crippen LogP contribution >= 0.6 is 57.7 Å². The molecule has 6 nitrogen and oxygen atoms in total. The van der Waals surface area contributed by atoms with E-state index in [0.717, 1.165) is 37.4 Å². The van der Waals surface area contributed by atoms with Crippen molar-refractivity contribution in [3.8, 4) is 11.3 Å². The Bertz CT molecular complexity index is 834. The fourth-order valence-corrected chi connectivity index (χ4v) is 4.18. The Balaban J connectivity index is 1.57. The van der Waals surface area contributed by atoms with Crippen molar-refractivity contribution in [3.05, 3.63) is 34.7 Å². The van der Waals surface area contributed by atoms with Crippen LogP contribution in [0.25, 0.3) is 11.3 Å². The summed E-state index contributed by atoms with van der Waals surface area (Å²) < 4.78 is -1.74. The van der Waals surface area contributed by atoms with Gasteiger partial charge in [0.05, 0.1) is 5.69 Å². The van der Waals surface area contributed by atoms with Crippen molar-refractivity contribution in [2.24, 2.45) is 0 Å². The quantitative estimate of drug-likeness (QED) is 0.429. The molecule has 0 radical (unpaired) electrons. The second kappa shape index (κ2) is 10.7. The van der Waals surface area contributed by atoms with Crippen LogP contribution in [0.3, 0.4) is 0 Å². The number of aromatic nitrogens is 1. The molecule has 0 bridgehead atoms. The number of likely N-dealkylation sites (N-methyl/N-ethyl adjacent to an activating group) is 1. The number of hydrogen-bond acceptors (Lipinski definition) is 6. The maximum atomic E-state index is 12.5. The summed E-state index contributed by atoms with van der Waals surface area (Å²) in [6.45, 7) is 4.56. The van der Waals surface area contributed by atoms with Crippen LogP contribution in [0.2, 0.25) is 5.02 Å². The molecule has 1 aliphatic rings. The van der Waals surface area contributed by atoms with Crippen LogP contribution in [0.15, 0.2) is 29.6 Å². The Morgan fingerprint density at radius 2 is 1.87 bits per heavy atom. The van der Waals surface area contributed by atoms with Crippen molar-refractivity contribution in [1.29, 1.82) is 0 Å². The van der Waals surface area contributed by atoms with E-state index in [1.165, 1.54) is 11.3 Å². The summed E-state index contributed by atoms with van der Waals surface area (Å²) in [5.41, 5.74) is 1.69. The average molecular weight is 511 g/mol. The van der Waals surface area contributed by atoms with Gasteiger partial charge in [0, 0.05) is 55.1 Å². The lowest BCUT2D eigenvalue weighted by atomic mass is 10.2. The zero-order chi connectivity index (χ0) is 21.7. The molecule has 2 heterocycles. The summed E-state index contributed by atoms with van der Waals surface area (Å²) in [4.78, 5) is 21.5. The average Bonchev–Trinajstić information content (AvgIpc) is 3.15. The highest BCUT2D eigenvalue weighted by atomic mass is 35.6. The number of anilines is 1. The molecule has 1 amide bonds.